The van der Waals surface area contributed by atoms with Crippen LogP contribution in [-0.2, 0) is 9.59 Å². The van der Waals surface area contributed by atoms with E-state index in [0.29, 0.717) is 31.9 Å². The van der Waals surface area contributed by atoms with E-state index in [2.05, 4.69) is 71.3 Å². The minimum absolute atomic E-state index is 0.0581. The van der Waals surface area contributed by atoms with Crippen LogP contribution in [0.2, 0.25) is 20.1 Å². The molecule has 0 radical (unpaired) electrons. The van der Waals surface area contributed by atoms with Crippen LogP contribution in [0, 0.1) is 11.8 Å². The zero-order chi connectivity index (χ0) is 46.8. The fraction of sp³-hybridized carbons (Fsp3) is 0.542. The van der Waals surface area contributed by atoms with Crippen molar-refractivity contribution in [1.29, 1.82) is 0 Å². The van der Waals surface area contributed by atoms with Crippen LogP contribution in [-0.4, -0.2) is 68.1 Å². The van der Waals surface area contributed by atoms with Gasteiger partial charge in [-0.25, -0.2) is 19.9 Å². The maximum absolute atomic E-state index is 11.3. The van der Waals surface area contributed by atoms with Crippen LogP contribution in [0.15, 0.2) is 49.1 Å². The molecule has 4 aliphatic carbocycles. The number of anilines is 2. The van der Waals surface area contributed by atoms with E-state index in [1.165, 1.54) is 0 Å². The summed E-state index contributed by atoms with van der Waals surface area (Å²) in [7, 11) is 0. The van der Waals surface area contributed by atoms with Gasteiger partial charge >= 0.3 is 0 Å². The number of hydrogen-bond acceptors (Lipinski definition) is 10. The molecule has 0 spiro atoms. The molecule has 6 N–H and O–H groups in total. The molecule has 8 rings (SSSR count). The van der Waals surface area contributed by atoms with Gasteiger partial charge in [0.25, 0.3) is 0 Å². The number of nitrogens with zero attached hydrogens (tertiary/aromatic N) is 6. The van der Waals surface area contributed by atoms with Gasteiger partial charge in [-0.2, -0.15) is 0 Å². The van der Waals surface area contributed by atoms with E-state index in [0.717, 1.165) is 123 Å². The zero-order valence-electron chi connectivity index (χ0n) is 37.8. The Morgan fingerprint density at radius 3 is 1.27 bits per heavy atom. The van der Waals surface area contributed by atoms with Gasteiger partial charge < -0.3 is 31.5 Å². The lowest BCUT2D eigenvalue weighted by Gasteiger charge is -2.23. The van der Waals surface area contributed by atoms with Crippen molar-refractivity contribution in [1.82, 2.24) is 19.9 Å². The normalized spacial score (nSPS) is 23.9. The molecule has 2 fully saturated rings. The average molecular weight is 959 g/mol. The minimum Gasteiger partial charge on any atom is -0.387 e. The molecule has 2 unspecified atom stereocenters. The SMILES string of the molecule is CCN(CC)c1ncnc2c1[C@H](C)C[C@H]2O.CCN(CC)c1ncnc2c1[C@H](C)C[C@H]2O.NC(=O)C1CCC[C@@H]1c1ccc(Cl)c(Cl)c1.NC(=O)[C@@H]1CCCC1c1ccc(Cl)c(Cl)c1. The lowest BCUT2D eigenvalue weighted by Crippen LogP contribution is -2.25. The van der Waals surface area contributed by atoms with E-state index in [1.54, 1.807) is 24.8 Å². The second-order valence-electron chi connectivity index (χ2n) is 17.1. The summed E-state index contributed by atoms with van der Waals surface area (Å²) in [5.74, 6) is 2.55. The Labute approximate surface area is 398 Å². The van der Waals surface area contributed by atoms with Crippen molar-refractivity contribution in [3.05, 3.63) is 103 Å². The number of carbonyl (C=O) groups is 2. The Morgan fingerprint density at radius 2 is 0.953 bits per heavy atom. The minimum atomic E-state index is -0.415. The van der Waals surface area contributed by atoms with Gasteiger partial charge in [0, 0.05) is 49.1 Å². The molecule has 2 aromatic heterocycles. The van der Waals surface area contributed by atoms with Gasteiger partial charge in [-0.05, 0) is 125 Å². The summed E-state index contributed by atoms with van der Waals surface area (Å²) in [5, 5.41) is 21.9. The Kier molecular flexibility index (Phi) is 18.9. The molecule has 4 aliphatic rings. The van der Waals surface area contributed by atoms with Crippen molar-refractivity contribution in [2.24, 2.45) is 23.3 Å². The van der Waals surface area contributed by atoms with E-state index in [1.807, 2.05) is 24.3 Å². The molecule has 0 aliphatic heterocycles. The number of fused-ring (bicyclic) bond motifs is 2. The molecule has 2 aromatic carbocycles. The number of aliphatic hydroxyl groups is 2. The largest absolute Gasteiger partial charge is 0.387 e. The number of halogens is 4. The topological polar surface area (TPSA) is 185 Å². The molecular formula is C48H64Cl4N8O4. The molecule has 8 atom stereocenters. The van der Waals surface area contributed by atoms with Gasteiger partial charge in [-0.15, -0.1) is 0 Å². The van der Waals surface area contributed by atoms with E-state index in [-0.39, 0.29) is 35.5 Å². The van der Waals surface area contributed by atoms with Gasteiger partial charge in [0.2, 0.25) is 11.8 Å². The Morgan fingerprint density at radius 1 is 0.594 bits per heavy atom. The quantitative estimate of drug-likeness (QED) is 0.119. The van der Waals surface area contributed by atoms with Crippen LogP contribution < -0.4 is 21.3 Å². The molecule has 4 aromatic rings. The van der Waals surface area contributed by atoms with Crippen LogP contribution in [0.1, 0.15) is 162 Å². The van der Waals surface area contributed by atoms with Gasteiger partial charge in [-0.1, -0.05) is 85.2 Å². The summed E-state index contributed by atoms with van der Waals surface area (Å²) in [6.07, 6.45) is 9.64. The number of rotatable bonds is 10. The first-order valence-electron chi connectivity index (χ1n) is 22.6. The lowest BCUT2D eigenvalue weighted by molar-refractivity contribution is -0.122. The Bertz CT molecular complexity index is 2060. The monoisotopic (exact) mass is 956 g/mol. The van der Waals surface area contributed by atoms with Crippen molar-refractivity contribution in [3.63, 3.8) is 0 Å². The third kappa shape index (κ3) is 12.0. The summed E-state index contributed by atoms with van der Waals surface area (Å²) < 4.78 is 0. The average Bonchev–Trinajstić information content (AvgIpc) is 4.09. The fourth-order valence-electron chi connectivity index (χ4n) is 9.84. The van der Waals surface area contributed by atoms with Crippen molar-refractivity contribution in [2.75, 3.05) is 36.0 Å². The number of primary amides is 2. The molecule has 348 valence electrons. The van der Waals surface area contributed by atoms with E-state index in [9.17, 15) is 19.8 Å². The fourth-order valence-corrected chi connectivity index (χ4v) is 10.5. The highest BCUT2D eigenvalue weighted by Crippen LogP contribution is 2.45. The zero-order valence-corrected chi connectivity index (χ0v) is 40.8. The van der Waals surface area contributed by atoms with Gasteiger partial charge in [0.15, 0.2) is 0 Å². The van der Waals surface area contributed by atoms with Crippen LogP contribution in [0.3, 0.4) is 0 Å². The number of nitrogens with two attached hydrogens (primary N) is 2. The number of carbonyl (C=O) groups excluding carboxylic acids is 2. The molecule has 2 amide bonds. The van der Waals surface area contributed by atoms with Gasteiger partial charge in [-0.3, -0.25) is 9.59 Å². The molecule has 64 heavy (non-hydrogen) atoms. The summed E-state index contributed by atoms with van der Waals surface area (Å²) in [6, 6.07) is 11.1. The lowest BCUT2D eigenvalue weighted by atomic mass is 9.88. The Hall–Kier alpha value is -3.78. The second kappa shape index (κ2) is 23.6. The number of benzene rings is 2. The van der Waals surface area contributed by atoms with Gasteiger partial charge in [0.05, 0.1) is 43.7 Å². The Balaban J connectivity index is 0.000000161. The molecule has 2 saturated carbocycles. The van der Waals surface area contributed by atoms with E-state index in [4.69, 9.17) is 57.9 Å². The molecular weight excluding hydrogens is 894 g/mol. The predicted octanol–water partition coefficient (Wildman–Crippen LogP) is 10.5. The second-order valence-corrected chi connectivity index (χ2v) is 18.7. The molecule has 0 saturated heterocycles. The van der Waals surface area contributed by atoms with Crippen molar-refractivity contribution in [3.8, 4) is 0 Å². The van der Waals surface area contributed by atoms with Crippen LogP contribution in [0.5, 0.6) is 0 Å². The smallest absolute Gasteiger partial charge is 0.221 e. The predicted molar refractivity (Wildman–Crippen MR) is 259 cm³/mol. The van der Waals surface area contributed by atoms with Gasteiger partial charge in [0.1, 0.15) is 24.3 Å². The number of aliphatic hydroxyl groups excluding tert-OH is 2. The van der Waals surface area contributed by atoms with Crippen molar-refractivity contribution in [2.45, 2.75) is 129 Å². The first-order valence-corrected chi connectivity index (χ1v) is 24.1. The summed E-state index contributed by atoms with van der Waals surface area (Å²) in [6.45, 7) is 16.5. The van der Waals surface area contributed by atoms with E-state index < -0.39 is 12.2 Å². The third-order valence-corrected chi connectivity index (χ3v) is 14.7. The molecule has 12 nitrogen and oxygen atoms in total. The highest BCUT2D eigenvalue weighted by Gasteiger charge is 2.35. The standard InChI is InChI=1S/2C12H13Cl2NO.2C12H19N3O/c2*13-10-5-4-7(6-11(10)14)8-2-1-3-9(8)12(15)16;2*1-4-15(5-2)12-10-8(3)6-9(16)11(10)13-7-14-12/h2*4-6,8-9H,1-3H2,(H2,15,16);2*7-9,16H,4-6H2,1-3H3/t8?,9-;8-,9?;2*8-,9-/m1111/s1. The molecule has 0 bridgehead atoms. The highest BCUT2D eigenvalue weighted by molar-refractivity contribution is 6.42. The maximum atomic E-state index is 11.3. The van der Waals surface area contributed by atoms with Crippen LogP contribution in [0.4, 0.5) is 11.6 Å². The molecule has 16 heteroatoms. The summed E-state index contributed by atoms with van der Waals surface area (Å²) >= 11 is 23.7. The molecule has 2 heterocycles. The summed E-state index contributed by atoms with van der Waals surface area (Å²) in [5.41, 5.74) is 16.8. The number of aromatic nitrogens is 4. The first kappa shape index (κ1) is 51.2. The first-order chi connectivity index (χ1) is 30.6. The number of amides is 2. The van der Waals surface area contributed by atoms with Crippen LogP contribution >= 0.6 is 46.4 Å². The summed E-state index contributed by atoms with van der Waals surface area (Å²) in [4.78, 5) is 44.2. The number of hydrogen-bond donors (Lipinski definition) is 4. The highest BCUT2D eigenvalue weighted by atomic mass is 35.5. The maximum Gasteiger partial charge on any atom is 0.221 e. The van der Waals surface area contributed by atoms with Crippen molar-refractivity contribution < 1.29 is 19.8 Å². The van der Waals surface area contributed by atoms with Crippen LogP contribution in [0.25, 0.3) is 0 Å². The van der Waals surface area contributed by atoms with Crippen molar-refractivity contribution >= 4 is 69.9 Å². The van der Waals surface area contributed by atoms with E-state index >= 15 is 0 Å². The third-order valence-electron chi connectivity index (χ3n) is 13.2.